The Morgan fingerprint density at radius 3 is 2.48 bits per heavy atom. The van der Waals surface area contributed by atoms with Crippen molar-refractivity contribution < 1.29 is 23.1 Å². The molecule has 5 nitrogen and oxygen atoms in total. The van der Waals surface area contributed by atoms with Crippen LogP contribution in [0.4, 0.5) is 13.2 Å². The van der Waals surface area contributed by atoms with E-state index in [2.05, 4.69) is 10.4 Å². The zero-order valence-electron chi connectivity index (χ0n) is 13.9. The van der Waals surface area contributed by atoms with E-state index in [1.807, 2.05) is 13.8 Å². The quantitative estimate of drug-likeness (QED) is 0.753. The summed E-state index contributed by atoms with van der Waals surface area (Å²) in [6, 6.07) is -0.501. The largest absolute Gasteiger partial charge is 0.433 e. The summed E-state index contributed by atoms with van der Waals surface area (Å²) in [4.78, 5) is 12.0. The number of nitrogens with one attached hydrogen (secondary N) is 1. The molecule has 0 saturated heterocycles. The van der Waals surface area contributed by atoms with E-state index in [1.54, 1.807) is 13.8 Å². The molecule has 0 unspecified atom stereocenters. The highest BCUT2D eigenvalue weighted by Crippen LogP contribution is 2.33. The minimum atomic E-state index is -4.65. The molecule has 0 aliphatic carbocycles. The van der Waals surface area contributed by atoms with Crippen LogP contribution >= 0.6 is 0 Å². The molecular formula is C15H24F3N3O2. The number of hydrogen-bond donors (Lipinski definition) is 2. The van der Waals surface area contributed by atoms with Crippen LogP contribution in [0.1, 0.15) is 62.6 Å². The minimum Gasteiger partial charge on any atom is -0.396 e. The number of hydrogen-bond acceptors (Lipinski definition) is 3. The Kier molecular flexibility index (Phi) is 6.21. The molecule has 0 aromatic carbocycles. The van der Waals surface area contributed by atoms with Crippen molar-refractivity contribution >= 4 is 5.91 Å². The number of carbonyl (C=O) groups is 1. The van der Waals surface area contributed by atoms with E-state index < -0.39 is 29.4 Å². The summed E-state index contributed by atoms with van der Waals surface area (Å²) >= 11 is 0. The number of amides is 1. The van der Waals surface area contributed by atoms with Gasteiger partial charge in [0.15, 0.2) is 5.69 Å². The molecule has 0 bridgehead atoms. The topological polar surface area (TPSA) is 67.2 Å². The molecular weight excluding hydrogens is 311 g/mol. The van der Waals surface area contributed by atoms with Crippen LogP contribution in [0, 0.1) is 5.41 Å². The number of nitrogens with zero attached hydrogens (tertiary/aromatic N) is 2. The maximum absolute atomic E-state index is 13.2. The predicted octanol–water partition coefficient (Wildman–Crippen LogP) is 3.01. The predicted molar refractivity (Wildman–Crippen MR) is 80.0 cm³/mol. The number of aromatic nitrogens is 2. The van der Waals surface area contributed by atoms with Crippen molar-refractivity contribution in [3.05, 3.63) is 17.5 Å². The fourth-order valence-electron chi connectivity index (χ4n) is 2.15. The first kappa shape index (κ1) is 19.5. The molecule has 23 heavy (non-hydrogen) atoms. The summed E-state index contributed by atoms with van der Waals surface area (Å²) in [5, 5.41) is 15.3. The zero-order valence-corrected chi connectivity index (χ0v) is 13.9. The first-order valence-corrected chi connectivity index (χ1v) is 7.53. The molecule has 1 amide bonds. The lowest BCUT2D eigenvalue weighted by Gasteiger charge is -2.21. The lowest BCUT2D eigenvalue weighted by molar-refractivity contribution is -0.145. The number of halogens is 3. The van der Waals surface area contributed by atoms with Gasteiger partial charge in [0, 0.05) is 19.2 Å². The molecule has 0 saturated carbocycles. The number of aliphatic hydroxyl groups is 1. The summed E-state index contributed by atoms with van der Waals surface area (Å²) in [5.41, 5.74) is -1.77. The fraction of sp³-hybridized carbons (Fsp3) is 0.733. The average molecular weight is 335 g/mol. The smallest absolute Gasteiger partial charge is 0.396 e. The highest BCUT2D eigenvalue weighted by atomic mass is 19.4. The third-order valence-corrected chi connectivity index (χ3v) is 3.54. The second kappa shape index (κ2) is 7.33. The Morgan fingerprint density at radius 2 is 2.00 bits per heavy atom. The molecule has 0 aliphatic rings. The van der Waals surface area contributed by atoms with Crippen LogP contribution in [0.3, 0.4) is 0 Å². The molecule has 0 spiro atoms. The molecule has 1 rings (SSSR count). The van der Waals surface area contributed by atoms with E-state index >= 15 is 0 Å². The van der Waals surface area contributed by atoms with Crippen LogP contribution in [0.2, 0.25) is 0 Å². The summed E-state index contributed by atoms with van der Waals surface area (Å²) in [5.74, 6) is -0.786. The Bertz CT molecular complexity index is 537. The molecule has 1 aromatic rings. The fourth-order valence-corrected chi connectivity index (χ4v) is 2.15. The molecule has 1 heterocycles. The van der Waals surface area contributed by atoms with Crippen molar-refractivity contribution in [3.8, 4) is 0 Å². The van der Waals surface area contributed by atoms with Crippen LogP contribution in [0.25, 0.3) is 0 Å². The first-order valence-electron chi connectivity index (χ1n) is 7.53. The lowest BCUT2D eigenvalue weighted by atomic mass is 9.89. The van der Waals surface area contributed by atoms with Crippen LogP contribution in [-0.2, 0) is 6.18 Å². The third-order valence-electron chi connectivity index (χ3n) is 3.54. The van der Waals surface area contributed by atoms with Gasteiger partial charge in [-0.15, -0.1) is 0 Å². The third kappa shape index (κ3) is 5.23. The van der Waals surface area contributed by atoms with Crippen molar-refractivity contribution in [3.63, 3.8) is 0 Å². The molecule has 132 valence electrons. The zero-order chi connectivity index (χ0) is 17.8. The average Bonchev–Trinajstić information content (AvgIpc) is 2.88. The maximum atomic E-state index is 13.2. The summed E-state index contributed by atoms with van der Waals surface area (Å²) in [6.07, 6.45) is -2.47. The highest BCUT2D eigenvalue weighted by Gasteiger charge is 2.40. The van der Waals surface area contributed by atoms with E-state index in [1.165, 1.54) is 0 Å². The number of alkyl halides is 3. The van der Waals surface area contributed by atoms with E-state index in [0.29, 0.717) is 12.8 Å². The van der Waals surface area contributed by atoms with Gasteiger partial charge in [-0.3, -0.25) is 9.48 Å². The van der Waals surface area contributed by atoms with Crippen molar-refractivity contribution in [2.75, 3.05) is 13.2 Å². The number of carbonyl (C=O) groups excluding carboxylic acids is 1. The van der Waals surface area contributed by atoms with Crippen molar-refractivity contribution in [2.45, 2.75) is 52.8 Å². The van der Waals surface area contributed by atoms with Gasteiger partial charge in [0.1, 0.15) is 0 Å². The lowest BCUT2D eigenvalue weighted by Crippen LogP contribution is -2.29. The molecule has 2 N–H and O–H groups in total. The van der Waals surface area contributed by atoms with Gasteiger partial charge in [0.2, 0.25) is 0 Å². The molecule has 1 aromatic heterocycles. The summed E-state index contributed by atoms with van der Waals surface area (Å²) < 4.78 is 40.4. The second-order valence-electron chi connectivity index (χ2n) is 6.62. The van der Waals surface area contributed by atoms with E-state index in [9.17, 15) is 18.0 Å². The Labute approximate surface area is 133 Å². The van der Waals surface area contributed by atoms with E-state index in [4.69, 9.17) is 5.11 Å². The van der Waals surface area contributed by atoms with Crippen molar-refractivity contribution in [1.82, 2.24) is 15.1 Å². The Hall–Kier alpha value is -1.57. The number of aliphatic hydroxyl groups excluding tert-OH is 1. The van der Waals surface area contributed by atoms with Gasteiger partial charge < -0.3 is 10.4 Å². The van der Waals surface area contributed by atoms with Crippen molar-refractivity contribution in [2.24, 2.45) is 5.41 Å². The number of rotatable bonds is 7. The molecule has 0 radical (unpaired) electrons. The Balaban J connectivity index is 2.78. The maximum Gasteiger partial charge on any atom is 0.433 e. The van der Waals surface area contributed by atoms with Crippen molar-refractivity contribution in [1.29, 1.82) is 0 Å². The van der Waals surface area contributed by atoms with Crippen LogP contribution in [0.15, 0.2) is 6.20 Å². The molecule has 0 aliphatic heterocycles. The van der Waals surface area contributed by atoms with Gasteiger partial charge in [-0.05, 0) is 32.1 Å². The minimum absolute atomic E-state index is 0.0142. The van der Waals surface area contributed by atoms with E-state index in [0.717, 1.165) is 10.9 Å². The summed E-state index contributed by atoms with van der Waals surface area (Å²) in [6.45, 7) is 7.15. The standard InChI is InChI=1S/C15H24F3N3O2/c1-10(2)21-12(15(16,17)18)11(8-20-21)13(23)19-7-5-6-14(3,4)9-22/h8,10,22H,5-7,9H2,1-4H3,(H,19,23). The second-order valence-corrected chi connectivity index (χ2v) is 6.62. The van der Waals surface area contributed by atoms with Gasteiger partial charge in [-0.25, -0.2) is 0 Å². The highest BCUT2D eigenvalue weighted by molar-refractivity contribution is 5.95. The van der Waals surface area contributed by atoms with Crippen LogP contribution in [0.5, 0.6) is 0 Å². The molecule has 0 atom stereocenters. The monoisotopic (exact) mass is 335 g/mol. The molecule has 0 fully saturated rings. The normalized spacial score (nSPS) is 12.7. The van der Waals surface area contributed by atoms with Gasteiger partial charge in [-0.1, -0.05) is 13.8 Å². The first-order chi connectivity index (χ1) is 10.5. The molecule has 8 heteroatoms. The van der Waals surface area contributed by atoms with Gasteiger partial charge >= 0.3 is 6.18 Å². The Morgan fingerprint density at radius 1 is 1.39 bits per heavy atom. The van der Waals surface area contributed by atoms with E-state index in [-0.39, 0.29) is 18.6 Å². The SMILES string of the molecule is CC(C)n1ncc(C(=O)NCCCC(C)(C)CO)c1C(F)(F)F. The van der Waals surface area contributed by atoms with Crippen LogP contribution < -0.4 is 5.32 Å². The van der Waals surface area contributed by atoms with Gasteiger partial charge in [0.25, 0.3) is 5.91 Å². The van der Waals surface area contributed by atoms with Gasteiger partial charge in [0.05, 0.1) is 11.8 Å². The summed E-state index contributed by atoms with van der Waals surface area (Å²) in [7, 11) is 0. The van der Waals surface area contributed by atoms with Crippen LogP contribution in [-0.4, -0.2) is 33.9 Å². The van der Waals surface area contributed by atoms with Gasteiger partial charge in [-0.2, -0.15) is 18.3 Å².